The number of allylic oxidation sites excluding steroid dienone is 1. The summed E-state index contributed by atoms with van der Waals surface area (Å²) in [5.41, 5.74) is 0. The summed E-state index contributed by atoms with van der Waals surface area (Å²) in [5.74, 6) is 0. The monoisotopic (exact) mass is 282 g/mol. The Morgan fingerprint density at radius 1 is 0.750 bits per heavy atom. The van der Waals surface area contributed by atoms with Gasteiger partial charge in [-0.3, -0.25) is 0 Å². The molecule has 0 saturated carbocycles. The van der Waals surface area contributed by atoms with Crippen molar-refractivity contribution in [1.29, 1.82) is 0 Å². The van der Waals surface area contributed by atoms with Crippen LogP contribution in [0.25, 0.3) is 0 Å². The fourth-order valence-electron chi connectivity index (χ4n) is 2.69. The number of hydrogen-bond donors (Lipinski definition) is 1. The minimum absolute atomic E-state index is 0.0754. The highest BCUT2D eigenvalue weighted by Gasteiger charge is 2.02. The molecule has 0 aliphatic heterocycles. The molecule has 1 nitrogen and oxygen atoms in total. The van der Waals surface area contributed by atoms with Gasteiger partial charge in [-0.05, 0) is 25.7 Å². The van der Waals surface area contributed by atoms with Gasteiger partial charge in [-0.2, -0.15) is 0 Å². The average Bonchev–Trinajstić information content (AvgIpc) is 2.45. The Kier molecular flexibility index (Phi) is 16.5. The summed E-state index contributed by atoms with van der Waals surface area (Å²) in [7, 11) is 0. The molecule has 0 fully saturated rings. The van der Waals surface area contributed by atoms with Crippen molar-refractivity contribution >= 4 is 0 Å². The first-order valence-corrected chi connectivity index (χ1v) is 9.10. The van der Waals surface area contributed by atoms with E-state index in [-0.39, 0.29) is 6.10 Å². The van der Waals surface area contributed by atoms with Crippen LogP contribution in [0.1, 0.15) is 103 Å². The van der Waals surface area contributed by atoms with Crippen molar-refractivity contribution in [3.05, 3.63) is 12.7 Å². The van der Waals surface area contributed by atoms with Crippen LogP contribution >= 0.6 is 0 Å². The van der Waals surface area contributed by atoms with Crippen molar-refractivity contribution < 1.29 is 5.11 Å². The SMILES string of the molecule is C=CCCCC(O)CCCCCCCCCCCCC. The summed E-state index contributed by atoms with van der Waals surface area (Å²) in [5, 5.41) is 9.79. The van der Waals surface area contributed by atoms with Crippen LogP contribution in [0.2, 0.25) is 0 Å². The quantitative estimate of drug-likeness (QED) is 0.256. The summed E-state index contributed by atoms with van der Waals surface area (Å²) in [4.78, 5) is 0. The highest BCUT2D eigenvalue weighted by Crippen LogP contribution is 2.14. The van der Waals surface area contributed by atoms with Crippen molar-refractivity contribution in [2.75, 3.05) is 0 Å². The molecule has 0 aromatic heterocycles. The molecule has 1 heteroatoms. The van der Waals surface area contributed by atoms with Gasteiger partial charge in [0.2, 0.25) is 0 Å². The Morgan fingerprint density at radius 3 is 1.70 bits per heavy atom. The molecule has 0 rings (SSSR count). The van der Waals surface area contributed by atoms with Crippen LogP contribution in [-0.2, 0) is 0 Å². The minimum Gasteiger partial charge on any atom is -0.393 e. The Balaban J connectivity index is 3.06. The van der Waals surface area contributed by atoms with Crippen molar-refractivity contribution in [2.45, 2.75) is 109 Å². The number of unbranched alkanes of at least 4 members (excludes halogenated alkanes) is 11. The molecule has 0 spiro atoms. The van der Waals surface area contributed by atoms with Gasteiger partial charge in [0.05, 0.1) is 6.10 Å². The molecular formula is C19H38O. The molecule has 0 saturated heterocycles. The van der Waals surface area contributed by atoms with Crippen LogP contribution in [0.5, 0.6) is 0 Å². The van der Waals surface area contributed by atoms with E-state index in [4.69, 9.17) is 0 Å². The summed E-state index contributed by atoms with van der Waals surface area (Å²) in [6, 6.07) is 0. The van der Waals surface area contributed by atoms with E-state index in [1.54, 1.807) is 0 Å². The van der Waals surface area contributed by atoms with Crippen molar-refractivity contribution in [3.63, 3.8) is 0 Å². The van der Waals surface area contributed by atoms with E-state index >= 15 is 0 Å². The Bertz CT molecular complexity index is 188. The van der Waals surface area contributed by atoms with Gasteiger partial charge in [0.25, 0.3) is 0 Å². The normalized spacial score (nSPS) is 12.5. The Labute approximate surface area is 127 Å². The maximum absolute atomic E-state index is 9.79. The van der Waals surface area contributed by atoms with Gasteiger partial charge >= 0.3 is 0 Å². The number of hydrogen-bond acceptors (Lipinski definition) is 1. The second kappa shape index (κ2) is 16.8. The van der Waals surface area contributed by atoms with Gasteiger partial charge in [0, 0.05) is 0 Å². The van der Waals surface area contributed by atoms with Gasteiger partial charge in [0.1, 0.15) is 0 Å². The largest absolute Gasteiger partial charge is 0.393 e. The first kappa shape index (κ1) is 19.7. The molecule has 0 amide bonds. The first-order valence-electron chi connectivity index (χ1n) is 9.10. The third-order valence-corrected chi connectivity index (χ3v) is 4.09. The molecule has 0 aromatic carbocycles. The van der Waals surface area contributed by atoms with Gasteiger partial charge in [-0.1, -0.05) is 83.6 Å². The van der Waals surface area contributed by atoms with E-state index in [2.05, 4.69) is 13.5 Å². The van der Waals surface area contributed by atoms with Crippen LogP contribution in [0, 0.1) is 0 Å². The maximum Gasteiger partial charge on any atom is 0.0540 e. The molecule has 0 aromatic rings. The van der Waals surface area contributed by atoms with Gasteiger partial charge in [-0.25, -0.2) is 0 Å². The summed E-state index contributed by atoms with van der Waals surface area (Å²) in [6.45, 7) is 5.98. The molecule has 0 aliphatic rings. The highest BCUT2D eigenvalue weighted by atomic mass is 16.3. The highest BCUT2D eigenvalue weighted by molar-refractivity contribution is 4.67. The Morgan fingerprint density at radius 2 is 1.20 bits per heavy atom. The van der Waals surface area contributed by atoms with Crippen molar-refractivity contribution in [2.24, 2.45) is 0 Å². The maximum atomic E-state index is 9.79. The van der Waals surface area contributed by atoms with Crippen molar-refractivity contribution in [1.82, 2.24) is 0 Å². The van der Waals surface area contributed by atoms with Gasteiger partial charge < -0.3 is 5.11 Å². The lowest BCUT2D eigenvalue weighted by molar-refractivity contribution is 0.148. The lowest BCUT2D eigenvalue weighted by Gasteiger charge is -2.09. The molecule has 0 heterocycles. The molecule has 120 valence electrons. The predicted molar refractivity (Wildman–Crippen MR) is 91.1 cm³/mol. The molecule has 1 N–H and O–H groups in total. The minimum atomic E-state index is -0.0754. The molecular weight excluding hydrogens is 244 g/mol. The van der Waals surface area contributed by atoms with E-state index in [1.165, 1.54) is 70.6 Å². The van der Waals surface area contributed by atoms with Crippen LogP contribution in [0.15, 0.2) is 12.7 Å². The second-order valence-electron chi connectivity index (χ2n) is 6.20. The predicted octanol–water partition coefficient (Wildman–Crippen LogP) is 6.40. The number of rotatable bonds is 16. The summed E-state index contributed by atoms with van der Waals surface area (Å²) < 4.78 is 0. The zero-order chi connectivity index (χ0) is 14.9. The third-order valence-electron chi connectivity index (χ3n) is 4.09. The number of aliphatic hydroxyl groups is 1. The van der Waals surface area contributed by atoms with Crippen molar-refractivity contribution in [3.8, 4) is 0 Å². The van der Waals surface area contributed by atoms with Gasteiger partial charge in [-0.15, -0.1) is 6.58 Å². The summed E-state index contributed by atoms with van der Waals surface area (Å²) >= 11 is 0. The molecule has 0 radical (unpaired) electrons. The molecule has 1 atom stereocenters. The summed E-state index contributed by atoms with van der Waals surface area (Å²) in [6.07, 6.45) is 21.1. The van der Waals surface area contributed by atoms with Gasteiger partial charge in [0.15, 0.2) is 0 Å². The topological polar surface area (TPSA) is 20.2 Å². The lowest BCUT2D eigenvalue weighted by Crippen LogP contribution is -2.05. The average molecular weight is 283 g/mol. The molecule has 0 bridgehead atoms. The smallest absolute Gasteiger partial charge is 0.0540 e. The fourth-order valence-corrected chi connectivity index (χ4v) is 2.69. The molecule has 1 unspecified atom stereocenters. The van der Waals surface area contributed by atoms with E-state index in [0.29, 0.717) is 0 Å². The van der Waals surface area contributed by atoms with Crippen LogP contribution < -0.4 is 0 Å². The third kappa shape index (κ3) is 15.8. The van der Waals surface area contributed by atoms with E-state index in [1.807, 2.05) is 6.08 Å². The molecule has 0 aliphatic carbocycles. The van der Waals surface area contributed by atoms with Crippen LogP contribution in [0.4, 0.5) is 0 Å². The van der Waals surface area contributed by atoms with E-state index in [0.717, 1.165) is 25.7 Å². The van der Waals surface area contributed by atoms with E-state index < -0.39 is 0 Å². The standard InChI is InChI=1S/C19H38O/c1-3-5-7-8-9-10-11-12-13-14-16-18-19(20)17-15-6-4-2/h4,19-20H,2-3,5-18H2,1H3. The van der Waals surface area contributed by atoms with Crippen LogP contribution in [0.3, 0.4) is 0 Å². The zero-order valence-electron chi connectivity index (χ0n) is 13.9. The lowest BCUT2D eigenvalue weighted by atomic mass is 10.0. The van der Waals surface area contributed by atoms with E-state index in [9.17, 15) is 5.11 Å². The first-order chi connectivity index (χ1) is 9.81. The fraction of sp³-hybridized carbons (Fsp3) is 0.895. The zero-order valence-corrected chi connectivity index (χ0v) is 13.9. The second-order valence-corrected chi connectivity index (χ2v) is 6.20. The van der Waals surface area contributed by atoms with Crippen LogP contribution in [-0.4, -0.2) is 11.2 Å². The Hall–Kier alpha value is -0.300. The molecule has 20 heavy (non-hydrogen) atoms. The number of aliphatic hydroxyl groups excluding tert-OH is 1.